The van der Waals surface area contributed by atoms with Crippen LogP contribution in [-0.2, 0) is 16.0 Å². The second kappa shape index (κ2) is 10.8. The lowest BCUT2D eigenvalue weighted by molar-refractivity contribution is -0.00176. The molecule has 4 aromatic rings. The fourth-order valence-electron chi connectivity index (χ4n) is 4.74. The molecular weight excluding hydrogens is 515 g/mol. The first-order valence-corrected chi connectivity index (χ1v) is 12.4. The van der Waals surface area contributed by atoms with Crippen molar-refractivity contribution >= 4 is 17.6 Å². The number of para-hydroxylation sites is 1. The van der Waals surface area contributed by atoms with E-state index in [0.717, 1.165) is 5.69 Å². The number of benzene rings is 2. The third-order valence-corrected chi connectivity index (χ3v) is 6.57. The number of hydrogen-bond donors (Lipinski definition) is 0. The summed E-state index contributed by atoms with van der Waals surface area (Å²) in [5, 5.41) is 8.21. The maximum atomic E-state index is 15.5. The molecule has 0 fully saturated rings. The number of ether oxygens (including phenoxy) is 4. The number of fused-ring (bicyclic) bond motifs is 3. The number of nitrogens with zero attached hydrogens (tertiary/aromatic N) is 4. The van der Waals surface area contributed by atoms with Crippen LogP contribution < -0.4 is 9.47 Å². The van der Waals surface area contributed by atoms with E-state index < -0.39 is 24.0 Å². The highest BCUT2D eigenvalue weighted by molar-refractivity contribution is 6.30. The van der Waals surface area contributed by atoms with Crippen LogP contribution in [0.25, 0.3) is 5.69 Å². The van der Waals surface area contributed by atoms with Crippen LogP contribution in [0.5, 0.6) is 11.5 Å². The van der Waals surface area contributed by atoms with Crippen molar-refractivity contribution in [3.05, 3.63) is 88.2 Å². The average molecular weight is 541 g/mol. The molecule has 0 spiro atoms. The molecule has 2 aromatic heterocycles. The molecule has 0 aliphatic carbocycles. The van der Waals surface area contributed by atoms with Crippen LogP contribution >= 0.6 is 11.6 Å². The van der Waals surface area contributed by atoms with E-state index in [2.05, 4.69) is 10.3 Å². The van der Waals surface area contributed by atoms with Crippen LogP contribution in [0, 0.1) is 5.82 Å². The number of halogens is 2. The number of rotatable bonds is 8. The molecule has 0 saturated carbocycles. The summed E-state index contributed by atoms with van der Waals surface area (Å²) in [6.07, 6.45) is 2.54. The molecule has 198 valence electrons. The Kier molecular flexibility index (Phi) is 7.35. The molecular formula is C27H26ClFN4O5. The van der Waals surface area contributed by atoms with Crippen molar-refractivity contribution in [2.24, 2.45) is 0 Å². The Balaban J connectivity index is 1.57. The van der Waals surface area contributed by atoms with Gasteiger partial charge in [0, 0.05) is 28.9 Å². The molecule has 2 atom stereocenters. The van der Waals surface area contributed by atoms with Gasteiger partial charge in [-0.2, -0.15) is 0 Å². The minimum atomic E-state index is -0.737. The van der Waals surface area contributed by atoms with Crippen LogP contribution in [0.15, 0.2) is 54.9 Å². The van der Waals surface area contributed by atoms with E-state index in [1.165, 1.54) is 12.3 Å². The van der Waals surface area contributed by atoms with Crippen molar-refractivity contribution in [3.63, 3.8) is 0 Å². The fraction of sp³-hybridized carbons (Fsp3) is 0.296. The molecule has 0 radical (unpaired) electrons. The Morgan fingerprint density at radius 2 is 2.00 bits per heavy atom. The maximum absolute atomic E-state index is 15.5. The third kappa shape index (κ3) is 4.72. The lowest BCUT2D eigenvalue weighted by Crippen LogP contribution is -2.14. The SMILES string of the molecule is CCOC(=O)c1cn(CC[C@H]2O[C@H](c3cccc(OC)c3OC)c3cc(Cl)cc(F)c3-n3cccc32)nn1. The molecule has 0 saturated heterocycles. The van der Waals surface area contributed by atoms with Gasteiger partial charge < -0.3 is 23.5 Å². The molecule has 0 unspecified atom stereocenters. The molecule has 5 rings (SSSR count). The third-order valence-electron chi connectivity index (χ3n) is 6.35. The smallest absolute Gasteiger partial charge is 0.360 e. The summed E-state index contributed by atoms with van der Waals surface area (Å²) >= 11 is 6.33. The van der Waals surface area contributed by atoms with Crippen molar-refractivity contribution in [1.82, 2.24) is 19.6 Å². The number of methoxy groups -OCH3 is 2. The minimum Gasteiger partial charge on any atom is -0.493 e. The lowest BCUT2D eigenvalue weighted by Gasteiger charge is -2.25. The average Bonchev–Trinajstić information content (AvgIpc) is 3.56. The first kappa shape index (κ1) is 25.7. The zero-order chi connectivity index (χ0) is 26.8. The number of carbonyl (C=O) groups is 1. The van der Waals surface area contributed by atoms with Gasteiger partial charge in [-0.3, -0.25) is 4.68 Å². The quantitative estimate of drug-likeness (QED) is 0.280. The monoisotopic (exact) mass is 540 g/mol. The normalized spacial score (nSPS) is 16.3. The minimum absolute atomic E-state index is 0.125. The highest BCUT2D eigenvalue weighted by atomic mass is 35.5. The molecule has 1 aliphatic heterocycles. The Bertz CT molecular complexity index is 1470. The lowest BCUT2D eigenvalue weighted by atomic mass is 9.98. The Morgan fingerprint density at radius 1 is 1.16 bits per heavy atom. The molecule has 0 amide bonds. The van der Waals surface area contributed by atoms with E-state index in [9.17, 15) is 4.79 Å². The topological polar surface area (TPSA) is 89.6 Å². The molecule has 9 nitrogen and oxygen atoms in total. The van der Waals surface area contributed by atoms with Crippen molar-refractivity contribution in [2.75, 3.05) is 20.8 Å². The molecule has 11 heteroatoms. The van der Waals surface area contributed by atoms with Gasteiger partial charge in [-0.15, -0.1) is 5.10 Å². The van der Waals surface area contributed by atoms with Crippen LogP contribution in [-0.4, -0.2) is 46.4 Å². The summed E-state index contributed by atoms with van der Waals surface area (Å²) in [6.45, 7) is 2.35. The fourth-order valence-corrected chi connectivity index (χ4v) is 4.95. The van der Waals surface area contributed by atoms with Crippen LogP contribution in [0.1, 0.15) is 52.9 Å². The van der Waals surface area contributed by atoms with Crippen molar-refractivity contribution in [3.8, 4) is 17.2 Å². The first-order valence-electron chi connectivity index (χ1n) is 12.0. The van der Waals surface area contributed by atoms with Crippen LogP contribution in [0.4, 0.5) is 4.39 Å². The predicted octanol–water partition coefficient (Wildman–Crippen LogP) is 5.31. The summed E-state index contributed by atoms with van der Waals surface area (Å²) in [7, 11) is 3.10. The van der Waals surface area contributed by atoms with E-state index in [0.29, 0.717) is 41.3 Å². The Morgan fingerprint density at radius 3 is 2.76 bits per heavy atom. The Hall–Kier alpha value is -3.89. The van der Waals surface area contributed by atoms with Gasteiger partial charge in [-0.05, 0) is 43.7 Å². The molecule has 0 N–H and O–H groups in total. The molecule has 2 aromatic carbocycles. The predicted molar refractivity (Wildman–Crippen MR) is 137 cm³/mol. The zero-order valence-electron chi connectivity index (χ0n) is 21.1. The van der Waals surface area contributed by atoms with Gasteiger partial charge in [0.15, 0.2) is 17.2 Å². The van der Waals surface area contributed by atoms with Crippen LogP contribution in [0.2, 0.25) is 5.02 Å². The standard InChI is InChI=1S/C27H26ClFN4O5/c1-4-37-27(34)20-15-32(31-30-20)12-10-22-21-8-6-11-33(21)24-18(13-16(28)14-19(24)29)25(38-22)17-7-5-9-23(35-2)26(17)36-3/h5-9,11,13-15,22,25H,4,10,12H2,1-3H3/t22-,25-/m1/s1. The van der Waals surface area contributed by atoms with E-state index in [-0.39, 0.29) is 17.3 Å². The number of carbonyl (C=O) groups excluding carboxylic acids is 1. The summed E-state index contributed by atoms with van der Waals surface area (Å²) in [6, 6.07) is 12.2. The highest BCUT2D eigenvalue weighted by Gasteiger charge is 2.34. The largest absolute Gasteiger partial charge is 0.493 e. The van der Waals surface area contributed by atoms with Gasteiger partial charge in [0.1, 0.15) is 18.0 Å². The second-order valence-electron chi connectivity index (χ2n) is 8.59. The molecule has 1 aliphatic rings. The number of aromatic nitrogens is 4. The van der Waals surface area contributed by atoms with Crippen molar-refractivity contribution < 1.29 is 28.1 Å². The van der Waals surface area contributed by atoms with Crippen LogP contribution in [0.3, 0.4) is 0 Å². The van der Waals surface area contributed by atoms with Gasteiger partial charge in [0.05, 0.1) is 38.4 Å². The van der Waals surface area contributed by atoms with E-state index in [1.807, 2.05) is 24.3 Å². The van der Waals surface area contributed by atoms with Crippen molar-refractivity contribution in [2.45, 2.75) is 32.1 Å². The van der Waals surface area contributed by atoms with Gasteiger partial charge in [-0.1, -0.05) is 28.9 Å². The van der Waals surface area contributed by atoms with Gasteiger partial charge >= 0.3 is 5.97 Å². The Labute approximate surface area is 223 Å². The molecule has 0 bridgehead atoms. The second-order valence-corrected chi connectivity index (χ2v) is 9.03. The number of hydrogen-bond acceptors (Lipinski definition) is 7. The van der Waals surface area contributed by atoms with Gasteiger partial charge in [0.2, 0.25) is 0 Å². The van der Waals surface area contributed by atoms with Gasteiger partial charge in [-0.25, -0.2) is 9.18 Å². The molecule has 3 heterocycles. The van der Waals surface area contributed by atoms with E-state index in [4.69, 9.17) is 30.5 Å². The maximum Gasteiger partial charge on any atom is 0.360 e. The molecule has 38 heavy (non-hydrogen) atoms. The first-order chi connectivity index (χ1) is 18.4. The number of esters is 1. The summed E-state index contributed by atoms with van der Waals surface area (Å²) in [4.78, 5) is 12.0. The van der Waals surface area contributed by atoms with Gasteiger partial charge in [0.25, 0.3) is 0 Å². The van der Waals surface area contributed by atoms with E-state index >= 15 is 4.39 Å². The zero-order valence-corrected chi connectivity index (χ0v) is 21.8. The summed E-state index contributed by atoms with van der Waals surface area (Å²) in [5.74, 6) is -0.0121. The number of aryl methyl sites for hydroxylation is 1. The highest BCUT2D eigenvalue weighted by Crippen LogP contribution is 2.47. The van der Waals surface area contributed by atoms with Crippen molar-refractivity contribution in [1.29, 1.82) is 0 Å². The van der Waals surface area contributed by atoms with E-state index in [1.54, 1.807) is 48.7 Å². The summed E-state index contributed by atoms with van der Waals surface area (Å²) in [5.41, 5.74) is 2.43. The summed E-state index contributed by atoms with van der Waals surface area (Å²) < 4.78 is 41.8.